The minimum absolute atomic E-state index is 0.0415. The number of pyridine rings is 1. The molecule has 1 fully saturated rings. The SMILES string of the molecule is COc1ccc(C2CC2C(=O)Nc2ncccc2C)cc1. The van der Waals surface area contributed by atoms with Crippen molar-refractivity contribution < 1.29 is 9.53 Å². The molecule has 1 aliphatic rings. The van der Waals surface area contributed by atoms with Crippen molar-refractivity contribution in [2.75, 3.05) is 12.4 Å². The van der Waals surface area contributed by atoms with Gasteiger partial charge >= 0.3 is 0 Å². The number of rotatable bonds is 4. The van der Waals surface area contributed by atoms with Gasteiger partial charge in [-0.15, -0.1) is 0 Å². The molecule has 1 N–H and O–H groups in total. The van der Waals surface area contributed by atoms with Gasteiger partial charge in [-0.25, -0.2) is 4.98 Å². The number of nitrogens with one attached hydrogen (secondary N) is 1. The van der Waals surface area contributed by atoms with Crippen LogP contribution in [0.2, 0.25) is 0 Å². The van der Waals surface area contributed by atoms with E-state index in [-0.39, 0.29) is 11.8 Å². The molecule has 1 aliphatic carbocycles. The minimum Gasteiger partial charge on any atom is -0.497 e. The maximum atomic E-state index is 12.3. The smallest absolute Gasteiger partial charge is 0.229 e. The highest BCUT2D eigenvalue weighted by atomic mass is 16.5. The van der Waals surface area contributed by atoms with E-state index in [1.807, 2.05) is 43.3 Å². The third-order valence-corrected chi connectivity index (χ3v) is 3.92. The molecule has 1 amide bonds. The molecular formula is C17H18N2O2. The van der Waals surface area contributed by atoms with Gasteiger partial charge in [0.05, 0.1) is 7.11 Å². The van der Waals surface area contributed by atoms with Gasteiger partial charge in [0.15, 0.2) is 0 Å². The topological polar surface area (TPSA) is 51.2 Å². The summed E-state index contributed by atoms with van der Waals surface area (Å²) < 4.78 is 5.15. The molecule has 0 spiro atoms. The highest BCUT2D eigenvalue weighted by Crippen LogP contribution is 2.48. The maximum absolute atomic E-state index is 12.3. The van der Waals surface area contributed by atoms with E-state index in [1.54, 1.807) is 13.3 Å². The average molecular weight is 282 g/mol. The second-order valence-electron chi connectivity index (χ2n) is 5.38. The van der Waals surface area contributed by atoms with E-state index in [0.29, 0.717) is 11.7 Å². The Kier molecular flexibility index (Phi) is 3.60. The second-order valence-corrected chi connectivity index (χ2v) is 5.38. The van der Waals surface area contributed by atoms with Crippen molar-refractivity contribution in [3.63, 3.8) is 0 Å². The zero-order valence-electron chi connectivity index (χ0n) is 12.2. The van der Waals surface area contributed by atoms with Crippen LogP contribution in [0.3, 0.4) is 0 Å². The number of aromatic nitrogens is 1. The van der Waals surface area contributed by atoms with Gasteiger partial charge in [0, 0.05) is 12.1 Å². The van der Waals surface area contributed by atoms with Crippen molar-refractivity contribution in [1.82, 2.24) is 4.98 Å². The van der Waals surface area contributed by atoms with Crippen LogP contribution in [0.25, 0.3) is 0 Å². The van der Waals surface area contributed by atoms with E-state index >= 15 is 0 Å². The first-order valence-corrected chi connectivity index (χ1v) is 7.05. The molecule has 4 heteroatoms. The van der Waals surface area contributed by atoms with E-state index in [4.69, 9.17) is 4.74 Å². The number of amides is 1. The van der Waals surface area contributed by atoms with Crippen LogP contribution in [-0.4, -0.2) is 18.0 Å². The van der Waals surface area contributed by atoms with Gasteiger partial charge in [0.2, 0.25) is 5.91 Å². The molecule has 0 aliphatic heterocycles. The summed E-state index contributed by atoms with van der Waals surface area (Å²) in [6.45, 7) is 1.94. The van der Waals surface area contributed by atoms with Crippen LogP contribution in [-0.2, 0) is 4.79 Å². The van der Waals surface area contributed by atoms with Gasteiger partial charge in [-0.2, -0.15) is 0 Å². The standard InChI is InChI=1S/C17H18N2O2/c1-11-4-3-9-18-16(11)19-17(20)15-10-14(15)12-5-7-13(21-2)8-6-12/h3-9,14-15H,10H2,1-2H3,(H,18,19,20). The largest absolute Gasteiger partial charge is 0.497 e. The Morgan fingerprint density at radius 3 is 2.71 bits per heavy atom. The summed E-state index contributed by atoms with van der Waals surface area (Å²) in [5.41, 5.74) is 2.17. The van der Waals surface area contributed by atoms with E-state index < -0.39 is 0 Å². The molecule has 4 nitrogen and oxygen atoms in total. The van der Waals surface area contributed by atoms with E-state index in [9.17, 15) is 4.79 Å². The van der Waals surface area contributed by atoms with Crippen molar-refractivity contribution in [2.24, 2.45) is 5.92 Å². The molecule has 0 saturated heterocycles. The summed E-state index contributed by atoms with van der Waals surface area (Å²) in [5, 5.41) is 2.92. The monoisotopic (exact) mass is 282 g/mol. The highest BCUT2D eigenvalue weighted by molar-refractivity contribution is 5.95. The van der Waals surface area contributed by atoms with Crippen LogP contribution >= 0.6 is 0 Å². The van der Waals surface area contributed by atoms with Crippen LogP contribution in [0.1, 0.15) is 23.5 Å². The van der Waals surface area contributed by atoms with Gasteiger partial charge in [0.25, 0.3) is 0 Å². The van der Waals surface area contributed by atoms with E-state index in [1.165, 1.54) is 5.56 Å². The van der Waals surface area contributed by atoms with Gasteiger partial charge in [-0.3, -0.25) is 4.79 Å². The summed E-state index contributed by atoms with van der Waals surface area (Å²) in [4.78, 5) is 16.5. The van der Waals surface area contributed by atoms with Crippen molar-refractivity contribution in [1.29, 1.82) is 0 Å². The number of hydrogen-bond donors (Lipinski definition) is 1. The van der Waals surface area contributed by atoms with Crippen molar-refractivity contribution in [3.8, 4) is 5.75 Å². The van der Waals surface area contributed by atoms with Crippen molar-refractivity contribution >= 4 is 11.7 Å². The molecule has 2 unspecified atom stereocenters. The Hall–Kier alpha value is -2.36. The summed E-state index contributed by atoms with van der Waals surface area (Å²) in [7, 11) is 1.65. The number of benzene rings is 1. The summed E-state index contributed by atoms with van der Waals surface area (Å²) >= 11 is 0. The fraction of sp³-hybridized carbons (Fsp3) is 0.294. The lowest BCUT2D eigenvalue weighted by atomic mass is 10.1. The van der Waals surface area contributed by atoms with Gasteiger partial charge in [0.1, 0.15) is 11.6 Å². The number of carbonyl (C=O) groups excluding carboxylic acids is 1. The molecule has 0 radical (unpaired) electrons. The third-order valence-electron chi connectivity index (χ3n) is 3.92. The quantitative estimate of drug-likeness (QED) is 0.937. The van der Waals surface area contributed by atoms with Crippen LogP contribution in [0.4, 0.5) is 5.82 Å². The molecule has 1 aromatic heterocycles. The fourth-order valence-electron chi connectivity index (χ4n) is 2.53. The minimum atomic E-state index is 0.0415. The number of nitrogens with zero attached hydrogens (tertiary/aromatic N) is 1. The van der Waals surface area contributed by atoms with E-state index in [0.717, 1.165) is 17.7 Å². The van der Waals surface area contributed by atoms with Gasteiger partial charge in [-0.05, 0) is 48.6 Å². The van der Waals surface area contributed by atoms with Crippen molar-refractivity contribution in [2.45, 2.75) is 19.3 Å². The number of ether oxygens (including phenoxy) is 1. The first kappa shape index (κ1) is 13.6. The molecule has 21 heavy (non-hydrogen) atoms. The second kappa shape index (κ2) is 5.56. The Morgan fingerprint density at radius 2 is 2.05 bits per heavy atom. The van der Waals surface area contributed by atoms with Crippen LogP contribution in [0.5, 0.6) is 5.75 Å². The summed E-state index contributed by atoms with van der Waals surface area (Å²) in [5.74, 6) is 1.89. The molecule has 2 aromatic rings. The third kappa shape index (κ3) is 2.89. The molecule has 2 atom stereocenters. The van der Waals surface area contributed by atoms with Crippen LogP contribution in [0, 0.1) is 12.8 Å². The van der Waals surface area contributed by atoms with Crippen LogP contribution in [0.15, 0.2) is 42.6 Å². The summed E-state index contributed by atoms with van der Waals surface area (Å²) in [6.07, 6.45) is 2.58. The predicted octanol–water partition coefficient (Wildman–Crippen LogP) is 3.14. The molecule has 3 rings (SSSR count). The predicted molar refractivity (Wildman–Crippen MR) is 81.4 cm³/mol. The molecule has 0 bridgehead atoms. The Bertz CT molecular complexity index is 652. The van der Waals surface area contributed by atoms with Gasteiger partial charge in [-0.1, -0.05) is 18.2 Å². The van der Waals surface area contributed by atoms with Crippen LogP contribution < -0.4 is 10.1 Å². The lowest BCUT2D eigenvalue weighted by Gasteiger charge is -2.07. The number of methoxy groups -OCH3 is 1. The number of aryl methyl sites for hydroxylation is 1. The first-order valence-electron chi connectivity index (χ1n) is 7.05. The average Bonchev–Trinajstić information content (AvgIpc) is 3.30. The molecular weight excluding hydrogens is 264 g/mol. The molecule has 108 valence electrons. The lowest BCUT2D eigenvalue weighted by Crippen LogP contribution is -2.16. The van der Waals surface area contributed by atoms with E-state index in [2.05, 4.69) is 10.3 Å². The normalized spacial score (nSPS) is 19.9. The van der Waals surface area contributed by atoms with Crippen molar-refractivity contribution in [3.05, 3.63) is 53.7 Å². The zero-order chi connectivity index (χ0) is 14.8. The zero-order valence-corrected chi connectivity index (χ0v) is 12.2. The number of anilines is 1. The Morgan fingerprint density at radius 1 is 1.29 bits per heavy atom. The maximum Gasteiger partial charge on any atom is 0.229 e. The summed E-state index contributed by atoms with van der Waals surface area (Å²) in [6, 6.07) is 11.7. The molecule has 1 heterocycles. The molecule has 1 saturated carbocycles. The van der Waals surface area contributed by atoms with Gasteiger partial charge < -0.3 is 10.1 Å². The molecule has 1 aromatic carbocycles. The fourth-order valence-corrected chi connectivity index (χ4v) is 2.53. The Balaban J connectivity index is 1.64. The Labute approximate surface area is 124 Å². The lowest BCUT2D eigenvalue weighted by molar-refractivity contribution is -0.117. The highest BCUT2D eigenvalue weighted by Gasteiger charge is 2.44. The first-order chi connectivity index (χ1) is 10.2. The number of hydrogen-bond acceptors (Lipinski definition) is 3. The number of carbonyl (C=O) groups is 1.